The summed E-state index contributed by atoms with van der Waals surface area (Å²) in [5.41, 5.74) is 6.25. The fourth-order valence-electron chi connectivity index (χ4n) is 1.55. The van der Waals surface area contributed by atoms with E-state index in [1.54, 1.807) is 25.3 Å². The molecule has 0 bridgehead atoms. The molecule has 1 aromatic carbocycles. The molecule has 0 spiro atoms. The van der Waals surface area contributed by atoms with Gasteiger partial charge in [0.15, 0.2) is 0 Å². The molecule has 0 saturated heterocycles. The van der Waals surface area contributed by atoms with Crippen molar-refractivity contribution in [3.8, 4) is 0 Å². The van der Waals surface area contributed by atoms with Crippen molar-refractivity contribution in [2.75, 3.05) is 25.6 Å². The zero-order chi connectivity index (χ0) is 13.6. The van der Waals surface area contributed by atoms with Crippen molar-refractivity contribution in [3.63, 3.8) is 0 Å². The number of hydrogen-bond acceptors (Lipinski definition) is 5. The molecule has 1 unspecified atom stereocenters. The van der Waals surface area contributed by atoms with Gasteiger partial charge in [-0.2, -0.15) is 0 Å². The monoisotopic (exact) mass is 273 g/mol. The third kappa shape index (κ3) is 4.61. The summed E-state index contributed by atoms with van der Waals surface area (Å²) in [5, 5.41) is 8.14. The highest BCUT2D eigenvalue weighted by Crippen LogP contribution is 2.18. The van der Waals surface area contributed by atoms with E-state index in [1.165, 1.54) is 6.07 Å². The second kappa shape index (κ2) is 6.69. The summed E-state index contributed by atoms with van der Waals surface area (Å²) in [6.45, 7) is 1.02. The normalized spacial score (nSPS) is 13.3. The molecule has 1 aromatic rings. The number of hydrogen-bond donors (Lipinski definition) is 3. The lowest BCUT2D eigenvalue weighted by Gasteiger charge is -2.13. The van der Waals surface area contributed by atoms with Crippen LogP contribution in [-0.2, 0) is 14.8 Å². The highest BCUT2D eigenvalue weighted by Gasteiger charge is 2.12. The van der Waals surface area contributed by atoms with E-state index in [9.17, 15) is 8.42 Å². The van der Waals surface area contributed by atoms with E-state index in [1.807, 2.05) is 0 Å². The molecule has 0 aromatic heterocycles. The molecule has 7 heteroatoms. The van der Waals surface area contributed by atoms with E-state index in [0.717, 1.165) is 0 Å². The van der Waals surface area contributed by atoms with Crippen LogP contribution in [0.1, 0.15) is 6.42 Å². The van der Waals surface area contributed by atoms with Crippen molar-refractivity contribution >= 4 is 15.7 Å². The van der Waals surface area contributed by atoms with Crippen molar-refractivity contribution in [1.29, 1.82) is 0 Å². The lowest BCUT2D eigenvalue weighted by Crippen LogP contribution is -2.28. The van der Waals surface area contributed by atoms with Gasteiger partial charge in [-0.05, 0) is 18.6 Å². The Morgan fingerprint density at radius 3 is 2.67 bits per heavy atom. The first-order valence-electron chi connectivity index (χ1n) is 5.55. The van der Waals surface area contributed by atoms with Crippen LogP contribution in [0.25, 0.3) is 0 Å². The first-order valence-corrected chi connectivity index (χ1v) is 7.10. The molecule has 0 fully saturated rings. The molecule has 1 rings (SSSR count). The number of sulfonamides is 1. The van der Waals surface area contributed by atoms with Crippen LogP contribution in [0, 0.1) is 0 Å². The molecule has 0 heterocycles. The number of para-hydroxylation sites is 1. The zero-order valence-electron chi connectivity index (χ0n) is 10.3. The molecule has 0 aliphatic heterocycles. The topological polar surface area (TPSA) is 107 Å². The summed E-state index contributed by atoms with van der Waals surface area (Å²) in [4.78, 5) is 0.0883. The summed E-state index contributed by atoms with van der Waals surface area (Å²) >= 11 is 0. The van der Waals surface area contributed by atoms with Gasteiger partial charge in [-0.3, -0.25) is 0 Å². The first kappa shape index (κ1) is 14.9. The summed E-state index contributed by atoms with van der Waals surface area (Å²) in [5.74, 6) is 0. The lowest BCUT2D eigenvalue weighted by atomic mass is 10.2. The van der Waals surface area contributed by atoms with Gasteiger partial charge >= 0.3 is 0 Å². The Hall–Kier alpha value is -1.15. The van der Waals surface area contributed by atoms with Crippen molar-refractivity contribution in [1.82, 2.24) is 0 Å². The third-order valence-corrected chi connectivity index (χ3v) is 3.37. The molecule has 1 atom stereocenters. The fourth-order valence-corrected chi connectivity index (χ4v) is 2.27. The Balaban J connectivity index is 2.63. The maximum atomic E-state index is 11.3. The molecular weight excluding hydrogens is 254 g/mol. The molecule has 5 N–H and O–H groups in total. The van der Waals surface area contributed by atoms with Gasteiger partial charge in [0.2, 0.25) is 10.0 Å². The van der Waals surface area contributed by atoms with Crippen molar-refractivity contribution in [3.05, 3.63) is 24.3 Å². The average Bonchev–Trinajstić information content (AvgIpc) is 2.28. The highest BCUT2D eigenvalue weighted by molar-refractivity contribution is 7.89. The number of ether oxygens (including phenoxy) is 1. The maximum Gasteiger partial charge on any atom is 0.240 e. The van der Waals surface area contributed by atoms with Crippen LogP contribution >= 0.6 is 0 Å². The Morgan fingerprint density at radius 1 is 1.39 bits per heavy atom. The Morgan fingerprint density at radius 2 is 2.06 bits per heavy atom. The van der Waals surface area contributed by atoms with Crippen LogP contribution in [0.5, 0.6) is 0 Å². The van der Waals surface area contributed by atoms with Gasteiger partial charge in [0, 0.05) is 19.7 Å². The van der Waals surface area contributed by atoms with Gasteiger partial charge in [-0.1, -0.05) is 12.1 Å². The Bertz CT molecular complexity index is 476. The van der Waals surface area contributed by atoms with Gasteiger partial charge in [-0.25, -0.2) is 13.6 Å². The van der Waals surface area contributed by atoms with Gasteiger partial charge < -0.3 is 15.8 Å². The van der Waals surface area contributed by atoms with E-state index >= 15 is 0 Å². The molecule has 18 heavy (non-hydrogen) atoms. The molecule has 102 valence electrons. The second-order valence-electron chi connectivity index (χ2n) is 3.97. The molecule has 6 nitrogen and oxygen atoms in total. The highest BCUT2D eigenvalue weighted by atomic mass is 32.2. The molecule has 0 aliphatic rings. The minimum absolute atomic E-state index is 0.0795. The number of rotatable bonds is 7. The number of methoxy groups -OCH3 is 1. The molecule has 0 amide bonds. The second-order valence-corrected chi connectivity index (χ2v) is 5.50. The zero-order valence-corrected chi connectivity index (χ0v) is 11.1. The summed E-state index contributed by atoms with van der Waals surface area (Å²) < 4.78 is 27.6. The predicted octanol–water partition coefficient (Wildman–Crippen LogP) is 0.110. The van der Waals surface area contributed by atoms with E-state index in [2.05, 4.69) is 5.32 Å². The summed E-state index contributed by atoms with van der Waals surface area (Å²) in [6.07, 6.45) is 0.673. The van der Waals surface area contributed by atoms with Crippen LogP contribution < -0.4 is 16.2 Å². The predicted molar refractivity (Wildman–Crippen MR) is 70.8 cm³/mol. The standard InChI is InChI=1S/C11H19N3O3S/c1-17-8-9(12)6-7-14-10-4-2-3-5-11(10)18(13,15)16/h2-5,9,14H,6-8,12H2,1H3,(H2,13,15,16). The third-order valence-electron chi connectivity index (χ3n) is 2.40. The smallest absolute Gasteiger partial charge is 0.240 e. The van der Waals surface area contributed by atoms with Crippen molar-refractivity contribution in [2.24, 2.45) is 10.9 Å². The maximum absolute atomic E-state index is 11.3. The van der Waals surface area contributed by atoms with E-state index in [0.29, 0.717) is 25.3 Å². The fraction of sp³-hybridized carbons (Fsp3) is 0.455. The SMILES string of the molecule is COCC(N)CCNc1ccccc1S(N)(=O)=O. The van der Waals surface area contributed by atoms with E-state index in [-0.39, 0.29) is 10.9 Å². The van der Waals surface area contributed by atoms with E-state index < -0.39 is 10.0 Å². The lowest BCUT2D eigenvalue weighted by molar-refractivity contribution is 0.178. The Labute approximate surface area is 107 Å². The van der Waals surface area contributed by atoms with Crippen LogP contribution in [0.4, 0.5) is 5.69 Å². The van der Waals surface area contributed by atoms with Crippen LogP contribution in [0.3, 0.4) is 0 Å². The van der Waals surface area contributed by atoms with Gasteiger partial charge in [0.05, 0.1) is 12.3 Å². The molecule has 0 saturated carbocycles. The van der Waals surface area contributed by atoms with Crippen molar-refractivity contribution in [2.45, 2.75) is 17.4 Å². The number of benzene rings is 1. The Kier molecular flexibility index (Phi) is 5.54. The molecule has 0 aliphatic carbocycles. The molecule has 0 radical (unpaired) electrons. The number of anilines is 1. The first-order chi connectivity index (χ1) is 8.45. The molecular formula is C11H19N3O3S. The number of nitrogens with two attached hydrogens (primary N) is 2. The van der Waals surface area contributed by atoms with Gasteiger partial charge in [-0.15, -0.1) is 0 Å². The number of primary sulfonamides is 1. The van der Waals surface area contributed by atoms with Gasteiger partial charge in [0.25, 0.3) is 0 Å². The largest absolute Gasteiger partial charge is 0.384 e. The van der Waals surface area contributed by atoms with E-state index in [4.69, 9.17) is 15.6 Å². The minimum atomic E-state index is -3.71. The van der Waals surface area contributed by atoms with Crippen molar-refractivity contribution < 1.29 is 13.2 Å². The number of nitrogens with one attached hydrogen (secondary N) is 1. The summed E-state index contributed by atoms with van der Waals surface area (Å²) in [6, 6.07) is 6.42. The van der Waals surface area contributed by atoms with Gasteiger partial charge in [0.1, 0.15) is 4.90 Å². The average molecular weight is 273 g/mol. The van der Waals surface area contributed by atoms with Crippen LogP contribution in [0.15, 0.2) is 29.2 Å². The minimum Gasteiger partial charge on any atom is -0.384 e. The van der Waals surface area contributed by atoms with Crippen LogP contribution in [-0.4, -0.2) is 34.7 Å². The van der Waals surface area contributed by atoms with Crippen LogP contribution in [0.2, 0.25) is 0 Å². The quantitative estimate of drug-likeness (QED) is 0.653. The summed E-state index contributed by atoms with van der Waals surface area (Å²) in [7, 11) is -2.13.